The summed E-state index contributed by atoms with van der Waals surface area (Å²) in [5.74, 6) is 4.80. The maximum Gasteiger partial charge on any atom is 0.0304 e. The van der Waals surface area contributed by atoms with Gasteiger partial charge in [-0.15, -0.1) is 0 Å². The second-order valence-corrected chi connectivity index (χ2v) is 9.23. The van der Waals surface area contributed by atoms with E-state index in [0.29, 0.717) is 11.6 Å². The molecule has 0 saturated carbocycles. The van der Waals surface area contributed by atoms with Gasteiger partial charge < -0.3 is 5.32 Å². The predicted molar refractivity (Wildman–Crippen MR) is 95.1 cm³/mol. The molecule has 4 heteroatoms. The summed E-state index contributed by atoms with van der Waals surface area (Å²) in [6, 6.07) is 0.716. The van der Waals surface area contributed by atoms with Crippen LogP contribution in [0, 0.1) is 5.92 Å². The molecule has 2 saturated heterocycles. The molecular weight excluding hydrogens is 284 g/mol. The SMILES string of the molecule is CCC1(CC)CN(CC2CSCCS2)C(C(C)C)CN1. The summed E-state index contributed by atoms with van der Waals surface area (Å²) in [4.78, 5) is 2.82. The Morgan fingerprint density at radius 1 is 1.25 bits per heavy atom. The van der Waals surface area contributed by atoms with E-state index in [0.717, 1.165) is 11.2 Å². The first-order valence-electron chi connectivity index (χ1n) is 8.28. The second-order valence-electron chi connectivity index (χ2n) is 6.68. The van der Waals surface area contributed by atoms with Crippen LogP contribution in [-0.4, -0.2) is 58.6 Å². The third kappa shape index (κ3) is 4.08. The minimum absolute atomic E-state index is 0.359. The highest BCUT2D eigenvalue weighted by Gasteiger charge is 2.38. The Balaban J connectivity index is 2.02. The number of nitrogens with one attached hydrogen (secondary N) is 1. The zero-order chi connectivity index (χ0) is 14.6. The zero-order valence-corrected chi connectivity index (χ0v) is 15.3. The normalized spacial score (nSPS) is 31.6. The van der Waals surface area contributed by atoms with E-state index in [1.807, 2.05) is 0 Å². The Kier molecular flexibility index (Phi) is 6.58. The maximum atomic E-state index is 3.88. The molecule has 2 nitrogen and oxygen atoms in total. The minimum Gasteiger partial charge on any atom is -0.308 e. The molecule has 2 rings (SSSR count). The fourth-order valence-electron chi connectivity index (χ4n) is 3.50. The monoisotopic (exact) mass is 316 g/mol. The lowest BCUT2D eigenvalue weighted by atomic mass is 9.86. The second kappa shape index (κ2) is 7.75. The summed E-state index contributed by atoms with van der Waals surface area (Å²) in [5.41, 5.74) is 0.359. The molecule has 2 unspecified atom stereocenters. The fourth-order valence-corrected chi connectivity index (χ4v) is 6.19. The quantitative estimate of drug-likeness (QED) is 0.836. The van der Waals surface area contributed by atoms with Crippen LogP contribution in [0.25, 0.3) is 0 Å². The van der Waals surface area contributed by atoms with Gasteiger partial charge in [0, 0.05) is 53.7 Å². The van der Waals surface area contributed by atoms with E-state index >= 15 is 0 Å². The van der Waals surface area contributed by atoms with Gasteiger partial charge in [0.25, 0.3) is 0 Å². The molecular formula is C16H32N2S2. The van der Waals surface area contributed by atoms with Crippen molar-refractivity contribution in [2.45, 2.75) is 57.4 Å². The molecule has 2 aliphatic rings. The van der Waals surface area contributed by atoms with Crippen molar-refractivity contribution in [3.8, 4) is 0 Å². The molecule has 2 fully saturated rings. The Hall–Kier alpha value is 0.620. The molecule has 118 valence electrons. The number of piperazine rings is 1. The summed E-state index contributed by atoms with van der Waals surface area (Å²) in [7, 11) is 0. The third-order valence-electron chi connectivity index (χ3n) is 5.11. The number of nitrogens with zero attached hydrogens (tertiary/aromatic N) is 1. The lowest BCUT2D eigenvalue weighted by molar-refractivity contribution is 0.0519. The van der Waals surface area contributed by atoms with Crippen molar-refractivity contribution >= 4 is 23.5 Å². The highest BCUT2D eigenvalue weighted by Crippen LogP contribution is 2.30. The standard InChI is InChI=1S/C16H32N2S2/c1-5-16(6-2)12-18(15(9-17-16)13(3)4)10-14-11-19-7-8-20-14/h13-15,17H,5-12H2,1-4H3. The van der Waals surface area contributed by atoms with Crippen molar-refractivity contribution < 1.29 is 0 Å². The summed E-state index contributed by atoms with van der Waals surface area (Å²) in [5, 5.41) is 4.72. The molecule has 2 atom stereocenters. The first-order valence-corrected chi connectivity index (χ1v) is 10.5. The average molecular weight is 317 g/mol. The molecule has 1 N–H and O–H groups in total. The van der Waals surface area contributed by atoms with E-state index in [-0.39, 0.29) is 0 Å². The van der Waals surface area contributed by atoms with Gasteiger partial charge in [-0.1, -0.05) is 27.7 Å². The minimum atomic E-state index is 0.359. The molecule has 20 heavy (non-hydrogen) atoms. The van der Waals surface area contributed by atoms with Crippen LogP contribution in [0.5, 0.6) is 0 Å². The van der Waals surface area contributed by atoms with Gasteiger partial charge in [-0.3, -0.25) is 4.90 Å². The van der Waals surface area contributed by atoms with Gasteiger partial charge in [0.2, 0.25) is 0 Å². The highest BCUT2D eigenvalue weighted by molar-refractivity contribution is 8.06. The van der Waals surface area contributed by atoms with Gasteiger partial charge in [0.15, 0.2) is 0 Å². The van der Waals surface area contributed by atoms with Crippen LogP contribution in [0.2, 0.25) is 0 Å². The van der Waals surface area contributed by atoms with Crippen LogP contribution < -0.4 is 5.32 Å². The molecule has 0 amide bonds. The van der Waals surface area contributed by atoms with Gasteiger partial charge in [-0.25, -0.2) is 0 Å². The van der Waals surface area contributed by atoms with Gasteiger partial charge in [-0.2, -0.15) is 23.5 Å². The summed E-state index contributed by atoms with van der Waals surface area (Å²) < 4.78 is 0. The maximum absolute atomic E-state index is 3.88. The van der Waals surface area contributed by atoms with Crippen LogP contribution in [0.15, 0.2) is 0 Å². The topological polar surface area (TPSA) is 15.3 Å². The Morgan fingerprint density at radius 2 is 2.00 bits per heavy atom. The molecule has 0 bridgehead atoms. The van der Waals surface area contributed by atoms with Gasteiger partial charge in [0.05, 0.1) is 0 Å². The van der Waals surface area contributed by atoms with Gasteiger partial charge in [-0.05, 0) is 18.8 Å². The van der Waals surface area contributed by atoms with Crippen LogP contribution in [-0.2, 0) is 0 Å². The van der Waals surface area contributed by atoms with Gasteiger partial charge >= 0.3 is 0 Å². The summed E-state index contributed by atoms with van der Waals surface area (Å²) >= 11 is 4.35. The Bertz CT molecular complexity index is 286. The molecule has 0 radical (unpaired) electrons. The van der Waals surface area contributed by atoms with Crippen LogP contribution in [0.3, 0.4) is 0 Å². The van der Waals surface area contributed by atoms with Crippen LogP contribution >= 0.6 is 23.5 Å². The molecule has 0 aromatic carbocycles. The largest absolute Gasteiger partial charge is 0.308 e. The Morgan fingerprint density at radius 3 is 2.55 bits per heavy atom. The lowest BCUT2D eigenvalue weighted by Gasteiger charge is -2.50. The lowest BCUT2D eigenvalue weighted by Crippen LogP contribution is -2.65. The van der Waals surface area contributed by atoms with Crippen molar-refractivity contribution in [3.05, 3.63) is 0 Å². The summed E-state index contributed by atoms with van der Waals surface area (Å²) in [6.07, 6.45) is 2.49. The van der Waals surface area contributed by atoms with E-state index in [1.54, 1.807) is 0 Å². The van der Waals surface area contributed by atoms with Gasteiger partial charge in [0.1, 0.15) is 0 Å². The third-order valence-corrected chi connectivity index (χ3v) is 7.93. The van der Waals surface area contributed by atoms with Crippen molar-refractivity contribution in [2.75, 3.05) is 36.9 Å². The molecule has 0 aromatic heterocycles. The first-order chi connectivity index (χ1) is 9.60. The van der Waals surface area contributed by atoms with Crippen molar-refractivity contribution in [3.63, 3.8) is 0 Å². The zero-order valence-electron chi connectivity index (χ0n) is 13.7. The number of thioether (sulfide) groups is 2. The van der Waals surface area contributed by atoms with E-state index in [2.05, 4.69) is 61.4 Å². The molecule has 0 spiro atoms. The molecule has 0 aliphatic carbocycles. The van der Waals surface area contributed by atoms with E-state index < -0.39 is 0 Å². The Labute approximate surface area is 134 Å². The van der Waals surface area contributed by atoms with Crippen LogP contribution in [0.4, 0.5) is 0 Å². The fraction of sp³-hybridized carbons (Fsp3) is 1.00. The average Bonchev–Trinajstić information content (AvgIpc) is 2.48. The molecule has 2 aliphatic heterocycles. The first kappa shape index (κ1) is 17.0. The van der Waals surface area contributed by atoms with E-state index in [4.69, 9.17) is 0 Å². The number of hydrogen-bond donors (Lipinski definition) is 1. The van der Waals surface area contributed by atoms with E-state index in [9.17, 15) is 0 Å². The van der Waals surface area contributed by atoms with Crippen molar-refractivity contribution in [1.82, 2.24) is 10.2 Å². The molecule has 0 aromatic rings. The molecule has 2 heterocycles. The number of rotatable bonds is 5. The highest BCUT2D eigenvalue weighted by atomic mass is 32.2. The summed E-state index contributed by atoms with van der Waals surface area (Å²) in [6.45, 7) is 13.2. The smallest absolute Gasteiger partial charge is 0.0304 e. The van der Waals surface area contributed by atoms with Crippen LogP contribution in [0.1, 0.15) is 40.5 Å². The predicted octanol–water partition coefficient (Wildman–Crippen LogP) is 3.32. The van der Waals surface area contributed by atoms with Crippen molar-refractivity contribution in [1.29, 1.82) is 0 Å². The van der Waals surface area contributed by atoms with Crippen molar-refractivity contribution in [2.24, 2.45) is 5.92 Å². The number of hydrogen-bond acceptors (Lipinski definition) is 4. The van der Waals surface area contributed by atoms with E-state index in [1.165, 1.54) is 49.7 Å².